The Labute approximate surface area is 164 Å². The predicted octanol–water partition coefficient (Wildman–Crippen LogP) is 6.77. The number of carbonyl (C=O) groups is 1. The van der Waals surface area contributed by atoms with Crippen LogP contribution in [0.25, 0.3) is 5.57 Å². The molecule has 1 aromatic rings. The second-order valence-corrected chi connectivity index (χ2v) is 7.30. The van der Waals surface area contributed by atoms with Gasteiger partial charge in [-0.3, -0.25) is 4.79 Å². The maximum atomic E-state index is 15.0. The molecule has 2 nitrogen and oxygen atoms in total. The van der Waals surface area contributed by atoms with Crippen LogP contribution < -0.4 is 0 Å². The van der Waals surface area contributed by atoms with Crippen molar-refractivity contribution in [1.82, 2.24) is 0 Å². The average Bonchev–Trinajstić information content (AvgIpc) is 3.46. The molecule has 0 bridgehead atoms. The monoisotopic (exact) mass is 392 g/mol. The zero-order valence-electron chi connectivity index (χ0n) is 16.9. The lowest BCUT2D eigenvalue weighted by Gasteiger charge is -2.17. The van der Waals surface area contributed by atoms with E-state index in [-0.39, 0.29) is 30.3 Å². The maximum Gasteiger partial charge on any atom is 0.306 e. The van der Waals surface area contributed by atoms with E-state index in [4.69, 9.17) is 4.74 Å². The Hall–Kier alpha value is -2.30. The van der Waals surface area contributed by atoms with Crippen molar-refractivity contribution >= 4 is 11.5 Å². The highest BCUT2D eigenvalue weighted by atomic mass is 19.2. The van der Waals surface area contributed by atoms with Crippen LogP contribution in [-0.4, -0.2) is 12.6 Å². The summed E-state index contributed by atoms with van der Waals surface area (Å²) in [6.07, 6.45) is 2.62. The topological polar surface area (TPSA) is 26.3 Å². The summed E-state index contributed by atoms with van der Waals surface area (Å²) in [5.74, 6) is -2.91. The van der Waals surface area contributed by atoms with Crippen LogP contribution in [0, 0.1) is 19.7 Å². The Morgan fingerprint density at radius 2 is 1.93 bits per heavy atom. The zero-order chi connectivity index (χ0) is 21.0. The highest BCUT2D eigenvalue weighted by Gasteiger charge is 2.30. The van der Waals surface area contributed by atoms with Gasteiger partial charge in [-0.05, 0) is 74.8 Å². The van der Waals surface area contributed by atoms with E-state index < -0.39 is 24.0 Å². The molecule has 1 saturated carbocycles. The van der Waals surface area contributed by atoms with Crippen LogP contribution in [0.1, 0.15) is 67.7 Å². The Morgan fingerprint density at radius 1 is 1.29 bits per heavy atom. The van der Waals surface area contributed by atoms with Crippen LogP contribution in [0.15, 0.2) is 35.9 Å². The molecule has 0 radical (unpaired) electrons. The van der Waals surface area contributed by atoms with Gasteiger partial charge in [0, 0.05) is 12.0 Å². The largest absolute Gasteiger partial charge is 0.466 e. The summed E-state index contributed by atoms with van der Waals surface area (Å²) in [5.41, 5.74) is 2.40. The minimum atomic E-state index is -1.10. The number of benzene rings is 1. The zero-order valence-corrected chi connectivity index (χ0v) is 16.9. The number of esters is 1. The average molecular weight is 392 g/mol. The van der Waals surface area contributed by atoms with Crippen LogP contribution in [0.4, 0.5) is 13.2 Å². The van der Waals surface area contributed by atoms with Gasteiger partial charge in [0.25, 0.3) is 0 Å². The third-order valence-electron chi connectivity index (χ3n) is 4.73. The van der Waals surface area contributed by atoms with Crippen LogP contribution in [0.2, 0.25) is 0 Å². The minimum Gasteiger partial charge on any atom is -0.466 e. The van der Waals surface area contributed by atoms with E-state index in [0.717, 1.165) is 12.8 Å². The number of hydrogen-bond acceptors (Lipinski definition) is 2. The second kappa shape index (κ2) is 9.26. The number of hydrogen-bond donors (Lipinski definition) is 0. The van der Waals surface area contributed by atoms with Crippen LogP contribution in [0.3, 0.4) is 0 Å². The summed E-state index contributed by atoms with van der Waals surface area (Å²) in [5, 5.41) is 0. The Kier molecular flexibility index (Phi) is 7.28. The van der Waals surface area contributed by atoms with Crippen molar-refractivity contribution in [2.24, 2.45) is 0 Å². The Bertz CT molecular complexity index is 846. The minimum absolute atomic E-state index is 0.0508. The first-order chi connectivity index (χ1) is 13.2. The maximum absolute atomic E-state index is 15.0. The van der Waals surface area contributed by atoms with Gasteiger partial charge in [-0.1, -0.05) is 18.2 Å². The molecule has 1 aliphatic carbocycles. The van der Waals surface area contributed by atoms with Gasteiger partial charge in [0.2, 0.25) is 0 Å². The van der Waals surface area contributed by atoms with E-state index in [1.54, 1.807) is 33.8 Å². The molecule has 1 aromatic carbocycles. The molecule has 28 heavy (non-hydrogen) atoms. The molecule has 2 rings (SSSR count). The molecule has 0 saturated heterocycles. The molecule has 0 amide bonds. The Balaban J connectivity index is 2.47. The molecule has 152 valence electrons. The molecule has 5 heteroatoms. The first-order valence-corrected chi connectivity index (χ1v) is 9.54. The summed E-state index contributed by atoms with van der Waals surface area (Å²) in [7, 11) is 0. The van der Waals surface area contributed by atoms with Crippen LogP contribution in [-0.2, 0) is 9.53 Å². The third-order valence-corrected chi connectivity index (χ3v) is 4.73. The van der Waals surface area contributed by atoms with Crippen molar-refractivity contribution in [2.75, 3.05) is 6.61 Å². The van der Waals surface area contributed by atoms with E-state index in [1.807, 2.05) is 0 Å². The van der Waals surface area contributed by atoms with E-state index in [9.17, 15) is 13.6 Å². The van der Waals surface area contributed by atoms with Gasteiger partial charge in [-0.2, -0.15) is 0 Å². The molecule has 0 aliphatic heterocycles. The number of allylic oxidation sites excluding steroid dienone is 5. The second-order valence-electron chi connectivity index (χ2n) is 7.30. The van der Waals surface area contributed by atoms with E-state index in [1.165, 1.54) is 6.08 Å². The van der Waals surface area contributed by atoms with Gasteiger partial charge >= 0.3 is 5.97 Å². The van der Waals surface area contributed by atoms with Gasteiger partial charge in [0.15, 0.2) is 5.83 Å². The molecule has 0 N–H and O–H groups in total. The molecule has 1 aliphatic rings. The number of ether oxygens (including phenoxy) is 1. The normalized spacial score (nSPS) is 15.3. The lowest BCUT2D eigenvalue weighted by molar-refractivity contribution is -0.143. The summed E-state index contributed by atoms with van der Waals surface area (Å²) < 4.78 is 49.2. The SMILES string of the molecule is C=C(C)/C=C(\C(F)=C(/F)CCC(=O)OCC)c1c(C)cc(C2CC2)c(F)c1C. The highest BCUT2D eigenvalue weighted by Crippen LogP contribution is 2.44. The summed E-state index contributed by atoms with van der Waals surface area (Å²) in [6, 6.07) is 1.73. The van der Waals surface area contributed by atoms with Crippen molar-refractivity contribution < 1.29 is 22.7 Å². The van der Waals surface area contributed by atoms with E-state index >= 15 is 4.39 Å². The van der Waals surface area contributed by atoms with Gasteiger partial charge in [0.05, 0.1) is 13.0 Å². The lowest BCUT2D eigenvalue weighted by Crippen LogP contribution is -2.05. The van der Waals surface area contributed by atoms with Crippen LogP contribution in [0.5, 0.6) is 0 Å². The standard InChI is InChI=1S/C23H27F3O2/c1-6-28-20(27)10-9-19(24)23(26)18(11-13(2)3)21-14(4)12-17(16-7-8-16)22(25)15(21)5/h11-12,16H,2,6-10H2,1,3-5H3/b18-11-,23-19+. The summed E-state index contributed by atoms with van der Waals surface area (Å²) in [4.78, 5) is 11.4. The first kappa shape index (κ1) is 22.0. The van der Waals surface area contributed by atoms with Crippen LogP contribution >= 0.6 is 0 Å². The fourth-order valence-corrected chi connectivity index (χ4v) is 3.29. The third kappa shape index (κ3) is 5.15. The van der Waals surface area contributed by atoms with Crippen molar-refractivity contribution in [3.8, 4) is 0 Å². The van der Waals surface area contributed by atoms with Crippen molar-refractivity contribution in [3.05, 3.63) is 64.0 Å². The van der Waals surface area contributed by atoms with Gasteiger partial charge in [-0.15, -0.1) is 0 Å². The molecule has 0 unspecified atom stereocenters. The molecular formula is C23H27F3O2. The number of rotatable bonds is 8. The molecular weight excluding hydrogens is 365 g/mol. The molecule has 1 fully saturated rings. The summed E-state index contributed by atoms with van der Waals surface area (Å²) in [6.45, 7) is 10.6. The molecule has 0 spiro atoms. The van der Waals surface area contributed by atoms with Crippen molar-refractivity contribution in [1.29, 1.82) is 0 Å². The first-order valence-electron chi connectivity index (χ1n) is 9.54. The van der Waals surface area contributed by atoms with Gasteiger partial charge in [-0.25, -0.2) is 13.2 Å². The van der Waals surface area contributed by atoms with Crippen molar-refractivity contribution in [3.63, 3.8) is 0 Å². The van der Waals surface area contributed by atoms with Crippen molar-refractivity contribution in [2.45, 2.75) is 59.3 Å². The Morgan fingerprint density at radius 3 is 2.46 bits per heavy atom. The molecule has 0 atom stereocenters. The highest BCUT2D eigenvalue weighted by molar-refractivity contribution is 5.83. The quantitative estimate of drug-likeness (QED) is 0.360. The lowest BCUT2D eigenvalue weighted by atomic mass is 9.89. The molecule has 0 aromatic heterocycles. The predicted molar refractivity (Wildman–Crippen MR) is 106 cm³/mol. The fourth-order valence-electron chi connectivity index (χ4n) is 3.29. The van der Waals surface area contributed by atoms with E-state index in [0.29, 0.717) is 27.8 Å². The van der Waals surface area contributed by atoms with Gasteiger partial charge < -0.3 is 4.74 Å². The smallest absolute Gasteiger partial charge is 0.306 e. The summed E-state index contributed by atoms with van der Waals surface area (Å²) >= 11 is 0. The number of halogens is 3. The molecule has 0 heterocycles. The van der Waals surface area contributed by atoms with Gasteiger partial charge in [0.1, 0.15) is 11.6 Å². The fraction of sp³-hybridized carbons (Fsp3) is 0.435. The number of carbonyl (C=O) groups excluding carboxylic acids is 1. The van der Waals surface area contributed by atoms with E-state index in [2.05, 4.69) is 6.58 Å². The number of aryl methyl sites for hydroxylation is 1.